The Morgan fingerprint density at radius 1 is 1.35 bits per heavy atom. The summed E-state index contributed by atoms with van der Waals surface area (Å²) in [5.41, 5.74) is 1.43. The minimum atomic E-state index is -0.139. The number of carbonyl (C=O) groups excluding carboxylic acids is 1. The van der Waals surface area contributed by atoms with E-state index in [0.29, 0.717) is 10.6 Å². The number of rotatable bonds is 3. The van der Waals surface area contributed by atoms with Gasteiger partial charge < -0.3 is 5.32 Å². The Kier molecular flexibility index (Phi) is 3.62. The molecule has 20 heavy (non-hydrogen) atoms. The number of amides is 1. The van der Waals surface area contributed by atoms with Gasteiger partial charge in [0.15, 0.2) is 0 Å². The first-order valence-electron chi connectivity index (χ1n) is 5.73. The van der Waals surface area contributed by atoms with Crippen molar-refractivity contribution in [3.63, 3.8) is 0 Å². The van der Waals surface area contributed by atoms with Gasteiger partial charge in [0.2, 0.25) is 0 Å². The summed E-state index contributed by atoms with van der Waals surface area (Å²) in [6.45, 7) is 0. The molecule has 0 saturated heterocycles. The van der Waals surface area contributed by atoms with Crippen molar-refractivity contribution in [2.24, 2.45) is 0 Å². The SMILES string of the molecule is O=C(Nc1cc(Br)ccc1-n1cncn1)c1cccs1. The molecule has 1 amide bonds. The smallest absolute Gasteiger partial charge is 0.265 e. The van der Waals surface area contributed by atoms with E-state index >= 15 is 0 Å². The molecule has 7 heteroatoms. The first-order valence-corrected chi connectivity index (χ1v) is 7.41. The maximum atomic E-state index is 12.1. The van der Waals surface area contributed by atoms with Crippen LogP contribution < -0.4 is 5.32 Å². The molecule has 0 spiro atoms. The number of anilines is 1. The molecule has 0 atom stereocenters. The van der Waals surface area contributed by atoms with Gasteiger partial charge >= 0.3 is 0 Å². The average molecular weight is 349 g/mol. The number of benzene rings is 1. The van der Waals surface area contributed by atoms with Gasteiger partial charge in [-0.1, -0.05) is 22.0 Å². The van der Waals surface area contributed by atoms with Gasteiger partial charge in [-0.3, -0.25) is 4.79 Å². The summed E-state index contributed by atoms with van der Waals surface area (Å²) in [6, 6.07) is 9.22. The Bertz CT molecular complexity index is 725. The molecular formula is C13H9BrN4OS. The molecule has 0 aliphatic carbocycles. The van der Waals surface area contributed by atoms with Crippen LogP contribution in [0.15, 0.2) is 52.8 Å². The van der Waals surface area contributed by atoms with E-state index in [-0.39, 0.29) is 5.91 Å². The van der Waals surface area contributed by atoms with Crippen LogP contribution in [0.1, 0.15) is 9.67 Å². The molecule has 1 aromatic carbocycles. The zero-order chi connectivity index (χ0) is 13.9. The van der Waals surface area contributed by atoms with Crippen molar-refractivity contribution in [1.29, 1.82) is 0 Å². The number of nitrogens with one attached hydrogen (secondary N) is 1. The molecule has 0 radical (unpaired) electrons. The van der Waals surface area contributed by atoms with Gasteiger partial charge in [0.05, 0.1) is 16.3 Å². The van der Waals surface area contributed by atoms with Gasteiger partial charge in [0.25, 0.3) is 5.91 Å². The predicted octanol–water partition coefficient (Wildman–Crippen LogP) is 3.34. The van der Waals surface area contributed by atoms with Crippen LogP contribution in [0.3, 0.4) is 0 Å². The van der Waals surface area contributed by atoms with Gasteiger partial charge in [-0.05, 0) is 29.6 Å². The maximum Gasteiger partial charge on any atom is 0.265 e. The van der Waals surface area contributed by atoms with Crippen LogP contribution in [0.25, 0.3) is 5.69 Å². The Labute approximate surface area is 127 Å². The average Bonchev–Trinajstić information content (AvgIpc) is 3.12. The number of halogens is 1. The normalized spacial score (nSPS) is 10.4. The van der Waals surface area contributed by atoms with Crippen LogP contribution in [0.2, 0.25) is 0 Å². The van der Waals surface area contributed by atoms with Crippen molar-refractivity contribution in [3.05, 3.63) is 57.7 Å². The molecular weight excluding hydrogens is 340 g/mol. The second-order valence-corrected chi connectivity index (χ2v) is 5.80. The summed E-state index contributed by atoms with van der Waals surface area (Å²) in [7, 11) is 0. The highest BCUT2D eigenvalue weighted by Gasteiger charge is 2.12. The number of aromatic nitrogens is 3. The number of hydrogen-bond acceptors (Lipinski definition) is 4. The van der Waals surface area contributed by atoms with Gasteiger partial charge in [0.1, 0.15) is 12.7 Å². The monoisotopic (exact) mass is 348 g/mol. The van der Waals surface area contributed by atoms with Gasteiger partial charge in [-0.2, -0.15) is 5.10 Å². The lowest BCUT2D eigenvalue weighted by atomic mass is 10.2. The van der Waals surface area contributed by atoms with Crippen molar-refractivity contribution in [1.82, 2.24) is 14.8 Å². The standard InChI is InChI=1S/C13H9BrN4OS/c14-9-3-4-11(18-8-15-7-16-18)10(6-9)17-13(19)12-2-1-5-20-12/h1-8H,(H,17,19). The summed E-state index contributed by atoms with van der Waals surface area (Å²) in [5, 5.41) is 8.85. The van der Waals surface area contributed by atoms with E-state index in [1.54, 1.807) is 17.1 Å². The summed E-state index contributed by atoms with van der Waals surface area (Å²) in [4.78, 5) is 16.7. The molecule has 2 heterocycles. The molecule has 0 unspecified atom stereocenters. The minimum Gasteiger partial charge on any atom is -0.319 e. The third-order valence-electron chi connectivity index (χ3n) is 2.62. The van der Waals surface area contributed by atoms with Crippen LogP contribution in [-0.4, -0.2) is 20.7 Å². The summed E-state index contributed by atoms with van der Waals surface area (Å²) >= 11 is 4.80. The summed E-state index contributed by atoms with van der Waals surface area (Å²) in [6.07, 6.45) is 3.04. The van der Waals surface area contributed by atoms with Crippen molar-refractivity contribution in [2.45, 2.75) is 0 Å². The largest absolute Gasteiger partial charge is 0.319 e. The summed E-state index contributed by atoms with van der Waals surface area (Å²) < 4.78 is 2.49. The Morgan fingerprint density at radius 3 is 2.95 bits per heavy atom. The topological polar surface area (TPSA) is 59.8 Å². The molecule has 2 aromatic heterocycles. The molecule has 0 aliphatic rings. The second-order valence-electron chi connectivity index (χ2n) is 3.93. The number of hydrogen-bond donors (Lipinski definition) is 1. The zero-order valence-corrected chi connectivity index (χ0v) is 12.6. The first-order chi connectivity index (χ1) is 9.74. The molecule has 100 valence electrons. The molecule has 5 nitrogen and oxygen atoms in total. The molecule has 0 fully saturated rings. The van der Waals surface area contributed by atoms with Crippen molar-refractivity contribution >= 4 is 38.9 Å². The lowest BCUT2D eigenvalue weighted by Crippen LogP contribution is -2.12. The minimum absolute atomic E-state index is 0.139. The van der Waals surface area contributed by atoms with Crippen molar-refractivity contribution in [2.75, 3.05) is 5.32 Å². The number of nitrogens with zero attached hydrogens (tertiary/aromatic N) is 3. The fraction of sp³-hybridized carbons (Fsp3) is 0. The van der Waals surface area contributed by atoms with Crippen LogP contribution >= 0.6 is 27.3 Å². The van der Waals surface area contributed by atoms with Gasteiger partial charge in [-0.25, -0.2) is 9.67 Å². The van der Waals surface area contributed by atoms with Crippen molar-refractivity contribution in [3.8, 4) is 5.69 Å². The zero-order valence-electron chi connectivity index (χ0n) is 10.2. The van der Waals surface area contributed by atoms with E-state index in [1.165, 1.54) is 17.7 Å². The Balaban J connectivity index is 1.96. The van der Waals surface area contributed by atoms with Crippen LogP contribution in [0.5, 0.6) is 0 Å². The number of carbonyl (C=O) groups is 1. The van der Waals surface area contributed by atoms with Crippen LogP contribution in [0.4, 0.5) is 5.69 Å². The third-order valence-corrected chi connectivity index (χ3v) is 3.98. The fourth-order valence-electron chi connectivity index (χ4n) is 1.73. The van der Waals surface area contributed by atoms with E-state index in [0.717, 1.165) is 10.2 Å². The van der Waals surface area contributed by atoms with Crippen LogP contribution in [-0.2, 0) is 0 Å². The highest BCUT2D eigenvalue weighted by molar-refractivity contribution is 9.10. The molecule has 3 rings (SSSR count). The Morgan fingerprint density at radius 2 is 2.25 bits per heavy atom. The predicted molar refractivity (Wildman–Crippen MR) is 81.3 cm³/mol. The molecule has 3 aromatic rings. The summed E-state index contributed by atoms with van der Waals surface area (Å²) in [5.74, 6) is -0.139. The lowest BCUT2D eigenvalue weighted by molar-refractivity contribution is 0.103. The lowest BCUT2D eigenvalue weighted by Gasteiger charge is -2.10. The first kappa shape index (κ1) is 13.0. The van der Waals surface area contributed by atoms with Gasteiger partial charge in [0, 0.05) is 4.47 Å². The second kappa shape index (κ2) is 5.56. The van der Waals surface area contributed by atoms with Crippen molar-refractivity contribution < 1.29 is 4.79 Å². The quantitative estimate of drug-likeness (QED) is 0.789. The number of thiophene rings is 1. The van der Waals surface area contributed by atoms with E-state index in [1.807, 2.05) is 29.6 Å². The van der Waals surface area contributed by atoms with E-state index < -0.39 is 0 Å². The Hall–Kier alpha value is -1.99. The highest BCUT2D eigenvalue weighted by atomic mass is 79.9. The third kappa shape index (κ3) is 2.63. The van der Waals surface area contributed by atoms with E-state index in [9.17, 15) is 4.79 Å². The molecule has 0 bridgehead atoms. The molecule has 1 N–H and O–H groups in total. The van der Waals surface area contributed by atoms with Gasteiger partial charge in [-0.15, -0.1) is 11.3 Å². The van der Waals surface area contributed by atoms with E-state index in [2.05, 4.69) is 31.3 Å². The highest BCUT2D eigenvalue weighted by Crippen LogP contribution is 2.25. The van der Waals surface area contributed by atoms with Crippen LogP contribution in [0, 0.1) is 0 Å². The fourth-order valence-corrected chi connectivity index (χ4v) is 2.71. The van der Waals surface area contributed by atoms with E-state index in [4.69, 9.17) is 0 Å². The maximum absolute atomic E-state index is 12.1. The molecule has 0 saturated carbocycles. The molecule has 0 aliphatic heterocycles.